The molecular formula is C28H46. The molecule has 0 N–H and O–H groups in total. The first-order chi connectivity index (χ1) is 13.8. The van der Waals surface area contributed by atoms with Gasteiger partial charge in [-0.05, 0) is 87.2 Å². The van der Waals surface area contributed by atoms with Gasteiger partial charge in [0.15, 0.2) is 0 Å². The lowest BCUT2D eigenvalue weighted by atomic mass is 9.79. The fourth-order valence-corrected chi connectivity index (χ4v) is 5.25. The molecular weight excluding hydrogens is 336 g/mol. The van der Waals surface area contributed by atoms with Crippen molar-refractivity contribution >= 4 is 0 Å². The first-order valence-electron chi connectivity index (χ1n) is 12.7. The third-order valence-electron chi connectivity index (χ3n) is 7.18. The number of hydrogen-bond acceptors (Lipinski definition) is 0. The lowest BCUT2D eigenvalue weighted by Gasteiger charge is -2.26. The Morgan fingerprint density at radius 2 is 1.07 bits per heavy atom. The lowest BCUT2D eigenvalue weighted by Crippen LogP contribution is -2.13. The van der Waals surface area contributed by atoms with Gasteiger partial charge < -0.3 is 0 Å². The van der Waals surface area contributed by atoms with E-state index in [1.807, 2.05) is 0 Å². The minimum atomic E-state index is 0.781. The van der Waals surface area contributed by atoms with Crippen molar-refractivity contribution < 1.29 is 0 Å². The van der Waals surface area contributed by atoms with Gasteiger partial charge in [0.2, 0.25) is 0 Å². The van der Waals surface area contributed by atoms with Crippen LogP contribution in [0.15, 0.2) is 24.3 Å². The standard InChI is InChI=1S/C28H46/c1-3-5-6-7-10-14-27-21-23-28(24-22-27)16-12-9-8-11-15-26-19-17-25(13-4-2)18-20-26/h11-12,15-16,25-28H,3-7,10,13-14,17-24H2,1-2H3. The molecule has 2 aliphatic rings. The van der Waals surface area contributed by atoms with Gasteiger partial charge in [-0.1, -0.05) is 89.2 Å². The fourth-order valence-electron chi connectivity index (χ4n) is 5.25. The van der Waals surface area contributed by atoms with Crippen molar-refractivity contribution in [2.75, 3.05) is 0 Å². The second-order valence-electron chi connectivity index (χ2n) is 9.56. The summed E-state index contributed by atoms with van der Waals surface area (Å²) in [5.41, 5.74) is 0. The highest BCUT2D eigenvalue weighted by atomic mass is 14.2. The van der Waals surface area contributed by atoms with Crippen LogP contribution < -0.4 is 0 Å². The predicted molar refractivity (Wildman–Crippen MR) is 125 cm³/mol. The number of unbranched alkanes of at least 4 members (excludes halogenated alkanes) is 4. The quantitative estimate of drug-likeness (QED) is 0.261. The summed E-state index contributed by atoms with van der Waals surface area (Å²) in [5, 5.41) is 0. The van der Waals surface area contributed by atoms with Crippen molar-refractivity contribution in [3.63, 3.8) is 0 Å². The van der Waals surface area contributed by atoms with Crippen LogP contribution in [0, 0.1) is 35.5 Å². The molecule has 158 valence electrons. The minimum Gasteiger partial charge on any atom is -0.0730 e. The van der Waals surface area contributed by atoms with Crippen molar-refractivity contribution in [1.29, 1.82) is 0 Å². The molecule has 0 unspecified atom stereocenters. The molecule has 0 aliphatic heterocycles. The highest BCUT2D eigenvalue weighted by Gasteiger charge is 2.19. The Labute approximate surface area is 176 Å². The fraction of sp³-hybridized carbons (Fsp3) is 0.786. The molecule has 2 rings (SSSR count). The van der Waals surface area contributed by atoms with E-state index in [-0.39, 0.29) is 0 Å². The lowest BCUT2D eigenvalue weighted by molar-refractivity contribution is 0.288. The van der Waals surface area contributed by atoms with Crippen molar-refractivity contribution in [3.8, 4) is 11.8 Å². The Kier molecular flexibility index (Phi) is 12.5. The molecule has 0 spiro atoms. The van der Waals surface area contributed by atoms with E-state index >= 15 is 0 Å². The van der Waals surface area contributed by atoms with Crippen LogP contribution in [0.3, 0.4) is 0 Å². The maximum absolute atomic E-state index is 3.25. The number of hydrogen-bond donors (Lipinski definition) is 0. The van der Waals surface area contributed by atoms with E-state index in [1.54, 1.807) is 0 Å². The second-order valence-corrected chi connectivity index (χ2v) is 9.56. The summed E-state index contributed by atoms with van der Waals surface area (Å²) in [6.45, 7) is 4.62. The molecule has 2 saturated carbocycles. The van der Waals surface area contributed by atoms with Crippen LogP contribution in [0.1, 0.15) is 117 Å². The molecule has 0 amide bonds. The number of allylic oxidation sites excluding steroid dienone is 4. The summed E-state index contributed by atoms with van der Waals surface area (Å²) in [5.74, 6) is 10.1. The number of rotatable bonds is 10. The largest absolute Gasteiger partial charge is 0.0730 e. The molecule has 0 radical (unpaired) electrons. The summed E-state index contributed by atoms with van der Waals surface area (Å²) < 4.78 is 0. The van der Waals surface area contributed by atoms with Crippen LogP contribution in [0.5, 0.6) is 0 Å². The van der Waals surface area contributed by atoms with E-state index in [0.717, 1.165) is 23.7 Å². The Morgan fingerprint density at radius 3 is 1.57 bits per heavy atom. The third kappa shape index (κ3) is 10.0. The van der Waals surface area contributed by atoms with Crippen LogP contribution in [0.4, 0.5) is 0 Å². The summed E-state index contributed by atoms with van der Waals surface area (Å²) in [4.78, 5) is 0. The molecule has 0 aromatic carbocycles. The van der Waals surface area contributed by atoms with Gasteiger partial charge in [-0.25, -0.2) is 0 Å². The van der Waals surface area contributed by atoms with Gasteiger partial charge >= 0.3 is 0 Å². The third-order valence-corrected chi connectivity index (χ3v) is 7.18. The monoisotopic (exact) mass is 382 g/mol. The van der Waals surface area contributed by atoms with Crippen molar-refractivity contribution in [3.05, 3.63) is 24.3 Å². The van der Waals surface area contributed by atoms with E-state index in [9.17, 15) is 0 Å². The smallest absolute Gasteiger partial charge is 0.0153 e. The maximum Gasteiger partial charge on any atom is -0.0153 e. The van der Waals surface area contributed by atoms with Crippen molar-refractivity contribution in [2.45, 2.75) is 117 Å². The molecule has 0 aromatic rings. The Morgan fingerprint density at radius 1 is 0.571 bits per heavy atom. The average molecular weight is 383 g/mol. The van der Waals surface area contributed by atoms with Gasteiger partial charge in [-0.15, -0.1) is 0 Å². The second kappa shape index (κ2) is 15.0. The molecule has 2 fully saturated rings. The van der Waals surface area contributed by atoms with Crippen molar-refractivity contribution in [1.82, 2.24) is 0 Å². The summed E-state index contributed by atoms with van der Waals surface area (Å²) in [6.07, 6.45) is 31.7. The van der Waals surface area contributed by atoms with Crippen LogP contribution >= 0.6 is 0 Å². The van der Waals surface area contributed by atoms with E-state index in [1.165, 1.54) is 103 Å². The SMILES string of the molecule is CCCCCCCC1CCC(C=CC#CC=CC2CCC(CCC)CC2)CC1. The van der Waals surface area contributed by atoms with Crippen LogP contribution in [0.2, 0.25) is 0 Å². The molecule has 0 nitrogen and oxygen atoms in total. The van der Waals surface area contributed by atoms with Crippen LogP contribution in [0.25, 0.3) is 0 Å². The first-order valence-corrected chi connectivity index (χ1v) is 12.7. The normalized spacial score (nSPS) is 28.5. The zero-order valence-electron chi connectivity index (χ0n) is 18.9. The van der Waals surface area contributed by atoms with E-state index < -0.39 is 0 Å². The molecule has 28 heavy (non-hydrogen) atoms. The first kappa shape index (κ1) is 23.3. The molecule has 0 atom stereocenters. The molecule has 2 aliphatic carbocycles. The maximum atomic E-state index is 3.25. The average Bonchev–Trinajstić information content (AvgIpc) is 2.73. The van der Waals surface area contributed by atoms with E-state index in [4.69, 9.17) is 0 Å². The summed E-state index contributed by atoms with van der Waals surface area (Å²) >= 11 is 0. The van der Waals surface area contributed by atoms with Gasteiger partial charge in [0.1, 0.15) is 0 Å². The summed E-state index contributed by atoms with van der Waals surface area (Å²) in [6, 6.07) is 0. The van der Waals surface area contributed by atoms with Crippen molar-refractivity contribution in [2.24, 2.45) is 23.7 Å². The highest BCUT2D eigenvalue weighted by molar-refractivity contribution is 5.24. The van der Waals surface area contributed by atoms with Crippen LogP contribution in [-0.2, 0) is 0 Å². The minimum absolute atomic E-state index is 0.781. The molecule has 0 heterocycles. The van der Waals surface area contributed by atoms with Gasteiger partial charge in [-0.3, -0.25) is 0 Å². The Balaban J connectivity index is 1.54. The summed E-state index contributed by atoms with van der Waals surface area (Å²) in [7, 11) is 0. The molecule has 0 heteroatoms. The zero-order chi connectivity index (χ0) is 19.9. The van der Waals surface area contributed by atoms with Gasteiger partial charge in [0, 0.05) is 0 Å². The molecule has 0 saturated heterocycles. The van der Waals surface area contributed by atoms with E-state index in [0.29, 0.717) is 0 Å². The zero-order valence-corrected chi connectivity index (χ0v) is 18.9. The predicted octanol–water partition coefficient (Wildman–Crippen LogP) is 8.88. The highest BCUT2D eigenvalue weighted by Crippen LogP contribution is 2.33. The van der Waals surface area contributed by atoms with Gasteiger partial charge in [0.25, 0.3) is 0 Å². The van der Waals surface area contributed by atoms with Gasteiger partial charge in [-0.2, -0.15) is 0 Å². The Bertz CT molecular complexity index is 484. The van der Waals surface area contributed by atoms with E-state index in [2.05, 4.69) is 50.0 Å². The molecule has 0 aromatic heterocycles. The Hall–Kier alpha value is -0.960. The molecule has 0 bridgehead atoms. The van der Waals surface area contributed by atoms with Gasteiger partial charge in [0.05, 0.1) is 0 Å². The topological polar surface area (TPSA) is 0 Å². The van der Waals surface area contributed by atoms with Crippen LogP contribution in [-0.4, -0.2) is 0 Å².